The Morgan fingerprint density at radius 3 is 2.44 bits per heavy atom. The van der Waals surface area contributed by atoms with Crippen molar-refractivity contribution in [1.29, 1.82) is 0 Å². The summed E-state index contributed by atoms with van der Waals surface area (Å²) in [5.74, 6) is -1.08. The predicted octanol–water partition coefficient (Wildman–Crippen LogP) is 2.86. The quantitative estimate of drug-likeness (QED) is 0.863. The third-order valence-corrected chi connectivity index (χ3v) is 4.45. The van der Waals surface area contributed by atoms with Crippen molar-refractivity contribution >= 4 is 17.3 Å². The van der Waals surface area contributed by atoms with Crippen LogP contribution < -0.4 is 0 Å². The number of nitrogens with zero attached hydrogens (tertiary/aromatic N) is 2. The average Bonchev–Trinajstić information content (AvgIpc) is 2.63. The molecule has 0 radical (unpaired) electrons. The molecule has 0 saturated carbocycles. The Balaban J connectivity index is 2.82. The van der Waals surface area contributed by atoms with E-state index in [9.17, 15) is 4.79 Å². The van der Waals surface area contributed by atoms with Gasteiger partial charge >= 0.3 is 5.97 Å². The first kappa shape index (κ1) is 15.1. The number of carboxylic acid groups (broad SMARTS) is 1. The van der Waals surface area contributed by atoms with E-state index >= 15 is 0 Å². The fourth-order valence-corrected chi connectivity index (χ4v) is 3.11. The minimum atomic E-state index is -0.738. The van der Waals surface area contributed by atoms with Gasteiger partial charge < -0.3 is 5.11 Å². The number of aryl methyl sites for hydroxylation is 2. The molecule has 2 unspecified atom stereocenters. The number of aromatic nitrogens is 1. The van der Waals surface area contributed by atoms with Crippen LogP contribution in [0.5, 0.6) is 0 Å². The third kappa shape index (κ3) is 3.53. The first-order chi connectivity index (χ1) is 8.36. The highest BCUT2D eigenvalue weighted by Crippen LogP contribution is 2.29. The van der Waals surface area contributed by atoms with Crippen LogP contribution in [0.15, 0.2) is 0 Å². The third-order valence-electron chi connectivity index (χ3n) is 3.20. The van der Waals surface area contributed by atoms with E-state index < -0.39 is 5.97 Å². The van der Waals surface area contributed by atoms with E-state index in [-0.39, 0.29) is 12.0 Å². The Hall–Kier alpha value is -0.940. The van der Waals surface area contributed by atoms with Crippen LogP contribution in [-0.4, -0.2) is 34.0 Å². The molecule has 0 aliphatic carbocycles. The number of thiazole rings is 1. The minimum absolute atomic E-state index is 0.225. The van der Waals surface area contributed by atoms with Crippen molar-refractivity contribution in [2.45, 2.75) is 40.7 Å². The van der Waals surface area contributed by atoms with Crippen molar-refractivity contribution in [3.8, 4) is 0 Å². The Labute approximate surface area is 113 Å². The van der Waals surface area contributed by atoms with Crippen LogP contribution in [0, 0.1) is 19.8 Å². The maximum absolute atomic E-state index is 10.9. The molecule has 1 aromatic heterocycles. The van der Waals surface area contributed by atoms with E-state index in [0.29, 0.717) is 6.54 Å². The molecule has 102 valence electrons. The van der Waals surface area contributed by atoms with E-state index in [1.165, 1.54) is 4.88 Å². The van der Waals surface area contributed by atoms with Crippen LogP contribution in [-0.2, 0) is 4.79 Å². The van der Waals surface area contributed by atoms with Gasteiger partial charge in [-0.3, -0.25) is 9.69 Å². The van der Waals surface area contributed by atoms with Crippen molar-refractivity contribution in [2.24, 2.45) is 5.92 Å². The predicted molar refractivity (Wildman–Crippen MR) is 74.0 cm³/mol. The SMILES string of the molecule is CCN(CC(C)C(=O)O)C(C)c1sc(C)nc1C. The van der Waals surface area contributed by atoms with E-state index in [1.807, 2.05) is 13.8 Å². The van der Waals surface area contributed by atoms with Crippen LogP contribution in [0.4, 0.5) is 0 Å². The Bertz CT molecular complexity index is 417. The van der Waals surface area contributed by atoms with Gasteiger partial charge in [0.2, 0.25) is 0 Å². The zero-order valence-electron chi connectivity index (χ0n) is 11.7. The summed E-state index contributed by atoms with van der Waals surface area (Å²) in [6.45, 7) is 11.4. The van der Waals surface area contributed by atoms with Crippen LogP contribution in [0.2, 0.25) is 0 Å². The van der Waals surface area contributed by atoms with E-state index in [2.05, 4.69) is 23.7 Å². The summed E-state index contributed by atoms with van der Waals surface area (Å²) < 4.78 is 0. The Kier molecular flexibility index (Phi) is 5.28. The first-order valence-corrected chi connectivity index (χ1v) is 7.09. The van der Waals surface area contributed by atoms with Gasteiger partial charge in [-0.15, -0.1) is 11.3 Å². The normalized spacial score (nSPS) is 14.8. The summed E-state index contributed by atoms with van der Waals surface area (Å²) >= 11 is 1.70. The number of rotatable bonds is 6. The van der Waals surface area contributed by atoms with Crippen LogP contribution in [0.3, 0.4) is 0 Å². The molecule has 0 saturated heterocycles. The Morgan fingerprint density at radius 2 is 2.06 bits per heavy atom. The molecule has 1 N–H and O–H groups in total. The molecule has 0 fully saturated rings. The van der Waals surface area contributed by atoms with Gasteiger partial charge in [0.05, 0.1) is 16.6 Å². The van der Waals surface area contributed by atoms with Crippen molar-refractivity contribution in [3.63, 3.8) is 0 Å². The van der Waals surface area contributed by atoms with E-state index in [1.54, 1.807) is 18.3 Å². The molecule has 0 amide bonds. The van der Waals surface area contributed by atoms with Crippen molar-refractivity contribution in [2.75, 3.05) is 13.1 Å². The molecule has 1 aromatic rings. The van der Waals surface area contributed by atoms with Gasteiger partial charge in [0.25, 0.3) is 0 Å². The summed E-state index contributed by atoms with van der Waals surface area (Å²) in [5.41, 5.74) is 1.06. The highest BCUT2D eigenvalue weighted by atomic mass is 32.1. The second kappa shape index (κ2) is 6.29. The van der Waals surface area contributed by atoms with Gasteiger partial charge in [-0.05, 0) is 27.3 Å². The summed E-state index contributed by atoms with van der Waals surface area (Å²) in [7, 11) is 0. The number of hydrogen-bond acceptors (Lipinski definition) is 4. The smallest absolute Gasteiger partial charge is 0.307 e. The lowest BCUT2D eigenvalue weighted by atomic mass is 10.1. The van der Waals surface area contributed by atoms with E-state index in [0.717, 1.165) is 17.2 Å². The zero-order chi connectivity index (χ0) is 13.9. The molecule has 0 spiro atoms. The number of carboxylic acids is 1. The van der Waals surface area contributed by atoms with Crippen LogP contribution in [0.25, 0.3) is 0 Å². The average molecular weight is 270 g/mol. The fourth-order valence-electron chi connectivity index (χ4n) is 2.09. The van der Waals surface area contributed by atoms with Gasteiger partial charge in [-0.25, -0.2) is 4.98 Å². The first-order valence-electron chi connectivity index (χ1n) is 6.27. The molecule has 1 heterocycles. The van der Waals surface area contributed by atoms with Gasteiger partial charge in [0.15, 0.2) is 0 Å². The van der Waals surface area contributed by atoms with Crippen molar-refractivity contribution in [1.82, 2.24) is 9.88 Å². The molecule has 4 nitrogen and oxygen atoms in total. The monoisotopic (exact) mass is 270 g/mol. The molecular formula is C13H22N2O2S. The molecule has 5 heteroatoms. The van der Waals surface area contributed by atoms with Gasteiger partial charge in [-0.1, -0.05) is 13.8 Å². The standard InChI is InChI=1S/C13H22N2O2S/c1-6-15(7-8(2)13(16)17)10(4)12-9(3)14-11(5)18-12/h8,10H,6-7H2,1-5H3,(H,16,17). The van der Waals surface area contributed by atoms with Gasteiger partial charge in [0.1, 0.15) is 0 Å². The maximum Gasteiger partial charge on any atom is 0.307 e. The fraction of sp³-hybridized carbons (Fsp3) is 0.692. The lowest BCUT2D eigenvalue weighted by Gasteiger charge is -2.28. The molecule has 1 rings (SSSR count). The number of carbonyl (C=O) groups is 1. The second-order valence-electron chi connectivity index (χ2n) is 4.69. The highest BCUT2D eigenvalue weighted by Gasteiger charge is 2.23. The summed E-state index contributed by atoms with van der Waals surface area (Å²) in [6.07, 6.45) is 0. The number of hydrogen-bond donors (Lipinski definition) is 1. The zero-order valence-corrected chi connectivity index (χ0v) is 12.5. The maximum atomic E-state index is 10.9. The van der Waals surface area contributed by atoms with Gasteiger partial charge in [0, 0.05) is 17.5 Å². The Morgan fingerprint density at radius 1 is 1.44 bits per heavy atom. The number of aliphatic carboxylic acids is 1. The summed E-state index contributed by atoms with van der Waals surface area (Å²) in [6, 6.07) is 0.225. The topological polar surface area (TPSA) is 53.4 Å². The molecule has 0 aromatic carbocycles. The molecule has 0 aliphatic heterocycles. The lowest BCUT2D eigenvalue weighted by molar-refractivity contribution is -0.141. The molecule has 0 bridgehead atoms. The highest BCUT2D eigenvalue weighted by molar-refractivity contribution is 7.11. The van der Waals surface area contributed by atoms with Gasteiger partial charge in [-0.2, -0.15) is 0 Å². The van der Waals surface area contributed by atoms with Crippen molar-refractivity contribution < 1.29 is 9.90 Å². The largest absolute Gasteiger partial charge is 0.481 e. The molecule has 0 aliphatic rings. The van der Waals surface area contributed by atoms with E-state index in [4.69, 9.17) is 5.11 Å². The second-order valence-corrected chi connectivity index (χ2v) is 5.92. The minimum Gasteiger partial charge on any atom is -0.481 e. The van der Waals surface area contributed by atoms with Crippen molar-refractivity contribution in [3.05, 3.63) is 15.6 Å². The van der Waals surface area contributed by atoms with Crippen LogP contribution >= 0.6 is 11.3 Å². The summed E-state index contributed by atoms with van der Waals surface area (Å²) in [5, 5.41) is 10.1. The molecule has 2 atom stereocenters. The molecular weight excluding hydrogens is 248 g/mol. The van der Waals surface area contributed by atoms with Crippen LogP contribution in [0.1, 0.15) is 42.4 Å². The molecule has 18 heavy (non-hydrogen) atoms. The summed E-state index contributed by atoms with van der Waals surface area (Å²) in [4.78, 5) is 18.8. The lowest BCUT2D eigenvalue weighted by Crippen LogP contribution is -2.33.